The van der Waals surface area contributed by atoms with Gasteiger partial charge >= 0.3 is 0 Å². The monoisotopic (exact) mass is 374 g/mol. The van der Waals surface area contributed by atoms with Gasteiger partial charge in [0.1, 0.15) is 6.54 Å². The summed E-state index contributed by atoms with van der Waals surface area (Å²) in [5, 5.41) is 0.0303. The highest BCUT2D eigenvalue weighted by Gasteiger charge is 2.34. The second-order valence-corrected chi connectivity index (χ2v) is 9.76. The van der Waals surface area contributed by atoms with E-state index in [1.165, 1.54) is 69.4 Å². The van der Waals surface area contributed by atoms with Crippen LogP contribution in [0.4, 0.5) is 0 Å². The molecule has 0 aromatic heterocycles. The Bertz CT molecular complexity index is 410. The maximum absolute atomic E-state index is 12.7. The van der Waals surface area contributed by atoms with Gasteiger partial charge in [-0.2, -0.15) is 0 Å². The molecule has 3 aliphatic rings. The van der Waals surface area contributed by atoms with E-state index in [1.807, 2.05) is 0 Å². The Morgan fingerprint density at radius 3 is 2.38 bits per heavy atom. The summed E-state index contributed by atoms with van der Waals surface area (Å²) in [4.78, 5) is 14.2. The van der Waals surface area contributed by atoms with E-state index in [2.05, 4.69) is 0 Å². The molecule has 0 aromatic rings. The third-order valence-corrected chi connectivity index (χ3v) is 7.82. The molecule has 1 saturated heterocycles. The predicted octanol–water partition coefficient (Wildman–Crippen LogP) is 3.84. The van der Waals surface area contributed by atoms with Crippen LogP contribution in [0.2, 0.25) is 0 Å². The van der Waals surface area contributed by atoms with Crippen molar-refractivity contribution in [2.75, 3.05) is 19.6 Å². The molecule has 0 aromatic carbocycles. The molecule has 2 saturated carbocycles. The molecule has 3 rings (SSSR count). The molecule has 0 radical (unpaired) electrons. The number of quaternary nitrogens is 1. The van der Waals surface area contributed by atoms with Crippen molar-refractivity contribution >= 4 is 29.0 Å². The van der Waals surface area contributed by atoms with Crippen molar-refractivity contribution in [1.29, 1.82) is 0 Å². The van der Waals surface area contributed by atoms with Crippen LogP contribution >= 0.6 is 23.2 Å². The molecule has 24 heavy (non-hydrogen) atoms. The quantitative estimate of drug-likeness (QED) is 0.725. The average Bonchev–Trinajstić information content (AvgIpc) is 2.58. The molecule has 3 fully saturated rings. The molecule has 1 heterocycles. The summed E-state index contributed by atoms with van der Waals surface area (Å²) in [5.41, 5.74) is 0. The maximum atomic E-state index is 12.7. The van der Waals surface area contributed by atoms with Crippen LogP contribution in [0.25, 0.3) is 0 Å². The van der Waals surface area contributed by atoms with Gasteiger partial charge in [0, 0.05) is 17.2 Å². The number of piperidine rings is 1. The van der Waals surface area contributed by atoms with Gasteiger partial charge in [-0.1, -0.05) is 32.1 Å². The zero-order chi connectivity index (χ0) is 16.9. The summed E-state index contributed by atoms with van der Waals surface area (Å²) in [7, 11) is 0. The van der Waals surface area contributed by atoms with Crippen molar-refractivity contribution < 1.29 is 9.69 Å². The Morgan fingerprint density at radius 2 is 1.62 bits per heavy atom. The maximum Gasteiger partial charge on any atom is 0.189 e. The number of carbonyl (C=O) groups excluding carboxylic acids is 1. The number of nitrogens with one attached hydrogen (secondary N) is 1. The predicted molar refractivity (Wildman–Crippen MR) is 101 cm³/mol. The summed E-state index contributed by atoms with van der Waals surface area (Å²) in [6.07, 6.45) is 13.9. The first-order chi connectivity index (χ1) is 11.6. The molecule has 4 heteroatoms. The van der Waals surface area contributed by atoms with Gasteiger partial charge in [0.05, 0.1) is 18.5 Å². The molecule has 0 spiro atoms. The summed E-state index contributed by atoms with van der Waals surface area (Å²) < 4.78 is 0. The fourth-order valence-electron chi connectivity index (χ4n) is 5.27. The van der Waals surface area contributed by atoms with Crippen molar-refractivity contribution in [2.24, 2.45) is 17.8 Å². The molecule has 0 bridgehead atoms. The van der Waals surface area contributed by atoms with Crippen LogP contribution in [0.3, 0.4) is 0 Å². The standard InChI is InChI=1S/C20H33Cl2NO/c21-18-9-8-17(12-19(18)22)20(24)14-23-10-4-7-16(13-23)11-15-5-2-1-3-6-15/h15-19H,1-14H2/p+1. The number of carbonyl (C=O) groups is 1. The second-order valence-electron chi connectivity index (χ2n) is 8.64. The molecule has 5 unspecified atom stereocenters. The van der Waals surface area contributed by atoms with Gasteiger partial charge in [0.25, 0.3) is 0 Å². The van der Waals surface area contributed by atoms with E-state index in [0.29, 0.717) is 5.78 Å². The van der Waals surface area contributed by atoms with Gasteiger partial charge in [-0.3, -0.25) is 4.79 Å². The van der Waals surface area contributed by atoms with Gasteiger partial charge in [-0.25, -0.2) is 0 Å². The van der Waals surface area contributed by atoms with E-state index in [9.17, 15) is 4.79 Å². The second kappa shape index (κ2) is 9.24. The topological polar surface area (TPSA) is 21.5 Å². The van der Waals surface area contributed by atoms with Crippen LogP contribution in [0, 0.1) is 17.8 Å². The molecule has 2 nitrogen and oxygen atoms in total. The van der Waals surface area contributed by atoms with E-state index in [4.69, 9.17) is 23.2 Å². The van der Waals surface area contributed by atoms with Gasteiger partial charge in [-0.05, 0) is 44.4 Å². The lowest BCUT2D eigenvalue weighted by molar-refractivity contribution is -0.901. The van der Waals surface area contributed by atoms with Crippen molar-refractivity contribution in [3.63, 3.8) is 0 Å². The molecule has 1 aliphatic heterocycles. The first-order valence-electron chi connectivity index (χ1n) is 10.3. The zero-order valence-corrected chi connectivity index (χ0v) is 16.5. The Labute approximate surface area is 157 Å². The number of likely N-dealkylation sites (tertiary alicyclic amines) is 1. The summed E-state index contributed by atoms with van der Waals surface area (Å²) in [6, 6.07) is 0. The molecule has 1 N–H and O–H groups in total. The van der Waals surface area contributed by atoms with Crippen molar-refractivity contribution in [2.45, 2.75) is 81.4 Å². The van der Waals surface area contributed by atoms with Gasteiger partial charge in [0.15, 0.2) is 5.78 Å². The minimum Gasteiger partial charge on any atom is -0.329 e. The molecule has 2 aliphatic carbocycles. The fraction of sp³-hybridized carbons (Fsp3) is 0.950. The smallest absolute Gasteiger partial charge is 0.189 e. The Morgan fingerprint density at radius 1 is 0.875 bits per heavy atom. The normalized spacial score (nSPS) is 38.8. The fourth-order valence-corrected chi connectivity index (χ4v) is 5.84. The van der Waals surface area contributed by atoms with Gasteiger partial charge in [0.2, 0.25) is 0 Å². The minimum atomic E-state index is -0.0234. The van der Waals surface area contributed by atoms with E-state index in [-0.39, 0.29) is 16.7 Å². The van der Waals surface area contributed by atoms with Gasteiger partial charge in [-0.15, -0.1) is 23.2 Å². The van der Waals surface area contributed by atoms with Crippen LogP contribution in [0.5, 0.6) is 0 Å². The number of hydrogen-bond donors (Lipinski definition) is 1. The van der Waals surface area contributed by atoms with Crippen LogP contribution in [-0.2, 0) is 4.79 Å². The summed E-state index contributed by atoms with van der Waals surface area (Å²) >= 11 is 12.5. The van der Waals surface area contributed by atoms with E-state index < -0.39 is 0 Å². The largest absolute Gasteiger partial charge is 0.329 e. The highest BCUT2D eigenvalue weighted by atomic mass is 35.5. The Kier molecular flexibility index (Phi) is 7.31. The molecule has 138 valence electrons. The van der Waals surface area contributed by atoms with E-state index in [1.54, 1.807) is 0 Å². The third-order valence-electron chi connectivity index (χ3n) is 6.68. The lowest BCUT2D eigenvalue weighted by atomic mass is 9.80. The average molecular weight is 375 g/mol. The number of hydrogen-bond acceptors (Lipinski definition) is 1. The number of rotatable bonds is 5. The molecular weight excluding hydrogens is 341 g/mol. The van der Waals surface area contributed by atoms with Crippen LogP contribution in [-0.4, -0.2) is 36.2 Å². The molecule has 5 atom stereocenters. The van der Waals surface area contributed by atoms with Crippen molar-refractivity contribution in [3.8, 4) is 0 Å². The molecular formula is C20H34Cl2NO+. The highest BCUT2D eigenvalue weighted by Crippen LogP contribution is 2.32. The highest BCUT2D eigenvalue weighted by molar-refractivity contribution is 6.30. The minimum absolute atomic E-state index is 0.0234. The number of Topliss-reactive ketones (excluding diaryl/α,β-unsaturated/α-hetero) is 1. The van der Waals surface area contributed by atoms with Crippen molar-refractivity contribution in [3.05, 3.63) is 0 Å². The number of ketones is 1. The van der Waals surface area contributed by atoms with Crippen LogP contribution < -0.4 is 4.90 Å². The summed E-state index contributed by atoms with van der Waals surface area (Å²) in [5.74, 6) is 2.42. The van der Waals surface area contributed by atoms with Crippen molar-refractivity contribution in [1.82, 2.24) is 0 Å². The first kappa shape index (κ1) is 19.0. The van der Waals surface area contributed by atoms with Crippen LogP contribution in [0.15, 0.2) is 0 Å². The van der Waals surface area contributed by atoms with E-state index in [0.717, 1.165) is 37.6 Å². The van der Waals surface area contributed by atoms with E-state index >= 15 is 0 Å². The Balaban J connectivity index is 1.43. The number of alkyl halides is 2. The van der Waals surface area contributed by atoms with Crippen LogP contribution in [0.1, 0.15) is 70.6 Å². The number of halogens is 2. The molecule has 0 amide bonds. The Hall–Kier alpha value is 0.210. The van der Waals surface area contributed by atoms with Gasteiger partial charge < -0.3 is 4.90 Å². The third kappa shape index (κ3) is 5.35. The lowest BCUT2D eigenvalue weighted by Crippen LogP contribution is -3.14. The zero-order valence-electron chi connectivity index (χ0n) is 15.0. The summed E-state index contributed by atoms with van der Waals surface area (Å²) in [6.45, 7) is 3.13. The lowest BCUT2D eigenvalue weighted by Gasteiger charge is -2.34. The SMILES string of the molecule is O=C(C[NH+]1CCCC(CC2CCCCC2)C1)C1CCC(Cl)C(Cl)C1. The first-order valence-corrected chi connectivity index (χ1v) is 11.1.